The highest BCUT2D eigenvalue weighted by molar-refractivity contribution is 6.30. The Labute approximate surface area is 135 Å². The standard InChI is InChI=1S/C16H15Cl2N.CH4O/c17-13-5-3-12(4-6-13)16-2-1-11-19(16)15-9-7-14(18)8-10-15;1-2/h3-10,16H,1-2,11H2;2H,1H3/t16-;/m1./s1. The zero-order valence-electron chi connectivity index (χ0n) is 12.0. The quantitative estimate of drug-likeness (QED) is 0.845. The minimum Gasteiger partial charge on any atom is -0.400 e. The second-order valence-corrected chi connectivity index (χ2v) is 5.75. The lowest BCUT2D eigenvalue weighted by Crippen LogP contribution is -2.22. The van der Waals surface area contributed by atoms with Gasteiger partial charge in [0.2, 0.25) is 0 Å². The Balaban J connectivity index is 0.000000774. The highest BCUT2D eigenvalue weighted by Gasteiger charge is 2.25. The van der Waals surface area contributed by atoms with Gasteiger partial charge in [0.15, 0.2) is 0 Å². The topological polar surface area (TPSA) is 23.5 Å². The Hall–Kier alpha value is -1.22. The van der Waals surface area contributed by atoms with Crippen LogP contribution in [-0.2, 0) is 0 Å². The van der Waals surface area contributed by atoms with E-state index in [1.807, 2.05) is 24.3 Å². The molecule has 1 heterocycles. The normalized spacial score (nSPS) is 17.3. The van der Waals surface area contributed by atoms with Crippen LogP contribution in [0, 0.1) is 0 Å². The van der Waals surface area contributed by atoms with Crippen molar-refractivity contribution >= 4 is 28.9 Å². The van der Waals surface area contributed by atoms with Crippen LogP contribution < -0.4 is 4.90 Å². The van der Waals surface area contributed by atoms with Crippen molar-refractivity contribution in [3.05, 3.63) is 64.1 Å². The van der Waals surface area contributed by atoms with Crippen molar-refractivity contribution in [3.8, 4) is 0 Å². The Morgan fingerprint density at radius 1 is 0.905 bits per heavy atom. The molecule has 1 aliphatic heterocycles. The molecule has 0 bridgehead atoms. The maximum absolute atomic E-state index is 7.00. The fraction of sp³-hybridized carbons (Fsp3) is 0.294. The summed E-state index contributed by atoms with van der Waals surface area (Å²) in [6, 6.07) is 16.7. The van der Waals surface area contributed by atoms with Crippen molar-refractivity contribution in [3.63, 3.8) is 0 Å². The van der Waals surface area contributed by atoms with Gasteiger partial charge >= 0.3 is 0 Å². The van der Waals surface area contributed by atoms with Gasteiger partial charge in [-0.3, -0.25) is 0 Å². The molecule has 3 rings (SSSR count). The number of hydrogen-bond acceptors (Lipinski definition) is 2. The predicted molar refractivity (Wildman–Crippen MR) is 90.4 cm³/mol. The molecule has 0 aliphatic carbocycles. The summed E-state index contributed by atoms with van der Waals surface area (Å²) in [6.45, 7) is 1.09. The summed E-state index contributed by atoms with van der Waals surface area (Å²) < 4.78 is 0. The number of nitrogens with zero attached hydrogens (tertiary/aromatic N) is 1. The van der Waals surface area contributed by atoms with Gasteiger partial charge < -0.3 is 10.0 Å². The summed E-state index contributed by atoms with van der Waals surface area (Å²) >= 11 is 11.9. The first kappa shape index (κ1) is 16.2. The molecule has 0 spiro atoms. The van der Waals surface area contributed by atoms with Gasteiger partial charge in [0.1, 0.15) is 0 Å². The number of benzene rings is 2. The molecule has 4 heteroatoms. The van der Waals surface area contributed by atoms with E-state index in [1.54, 1.807) is 0 Å². The molecule has 0 amide bonds. The van der Waals surface area contributed by atoms with E-state index >= 15 is 0 Å². The number of halogens is 2. The van der Waals surface area contributed by atoms with E-state index in [2.05, 4.69) is 29.2 Å². The number of rotatable bonds is 2. The summed E-state index contributed by atoms with van der Waals surface area (Å²) in [4.78, 5) is 2.44. The van der Waals surface area contributed by atoms with Crippen molar-refractivity contribution in [2.75, 3.05) is 18.6 Å². The van der Waals surface area contributed by atoms with E-state index < -0.39 is 0 Å². The van der Waals surface area contributed by atoms with Crippen LogP contribution in [0.25, 0.3) is 0 Å². The molecule has 0 aromatic heterocycles. The lowest BCUT2D eigenvalue weighted by atomic mass is 10.0. The average Bonchev–Trinajstić information content (AvgIpc) is 3.00. The minimum atomic E-state index is 0.443. The molecule has 2 aromatic rings. The van der Waals surface area contributed by atoms with Crippen LogP contribution in [-0.4, -0.2) is 18.8 Å². The summed E-state index contributed by atoms with van der Waals surface area (Å²) in [6.07, 6.45) is 2.40. The molecular formula is C17H19Cl2NO. The van der Waals surface area contributed by atoms with Gasteiger partial charge in [-0.1, -0.05) is 35.3 Å². The Morgan fingerprint density at radius 3 is 2.00 bits per heavy atom. The van der Waals surface area contributed by atoms with Crippen LogP contribution in [0.1, 0.15) is 24.4 Å². The second-order valence-electron chi connectivity index (χ2n) is 4.88. The lowest BCUT2D eigenvalue weighted by Gasteiger charge is -2.27. The highest BCUT2D eigenvalue weighted by atomic mass is 35.5. The van der Waals surface area contributed by atoms with Crippen LogP contribution in [0.3, 0.4) is 0 Å². The monoisotopic (exact) mass is 323 g/mol. The molecule has 2 aromatic carbocycles. The van der Waals surface area contributed by atoms with Gasteiger partial charge in [0, 0.05) is 29.4 Å². The van der Waals surface area contributed by atoms with Crippen molar-refractivity contribution in [1.82, 2.24) is 0 Å². The molecule has 0 saturated carbocycles. The minimum absolute atomic E-state index is 0.443. The molecule has 1 fully saturated rings. The van der Waals surface area contributed by atoms with Gasteiger partial charge in [0.25, 0.3) is 0 Å². The van der Waals surface area contributed by atoms with Crippen molar-refractivity contribution in [1.29, 1.82) is 0 Å². The van der Waals surface area contributed by atoms with Gasteiger partial charge in [0.05, 0.1) is 6.04 Å². The van der Waals surface area contributed by atoms with E-state index in [9.17, 15) is 0 Å². The van der Waals surface area contributed by atoms with Crippen LogP contribution in [0.5, 0.6) is 0 Å². The zero-order valence-corrected chi connectivity index (χ0v) is 13.5. The van der Waals surface area contributed by atoms with Gasteiger partial charge in [-0.15, -0.1) is 0 Å². The predicted octanol–water partition coefficient (Wildman–Crippen LogP) is 4.94. The SMILES string of the molecule is CO.Clc1ccc([C@H]2CCCN2c2ccc(Cl)cc2)cc1. The fourth-order valence-corrected chi connectivity index (χ4v) is 2.99. The molecule has 112 valence electrons. The summed E-state index contributed by atoms with van der Waals surface area (Å²) in [5.41, 5.74) is 2.57. The first-order valence-electron chi connectivity index (χ1n) is 6.96. The molecular weight excluding hydrogens is 305 g/mol. The molecule has 1 aliphatic rings. The number of aliphatic hydroxyl groups is 1. The maximum Gasteiger partial charge on any atom is 0.0543 e. The first-order valence-corrected chi connectivity index (χ1v) is 7.72. The third-order valence-corrected chi connectivity index (χ3v) is 4.17. The maximum atomic E-state index is 7.00. The zero-order chi connectivity index (χ0) is 15.2. The largest absolute Gasteiger partial charge is 0.400 e. The van der Waals surface area contributed by atoms with E-state index in [1.165, 1.54) is 24.1 Å². The summed E-state index contributed by atoms with van der Waals surface area (Å²) in [7, 11) is 1.00. The van der Waals surface area contributed by atoms with Gasteiger partial charge in [-0.2, -0.15) is 0 Å². The van der Waals surface area contributed by atoms with Gasteiger partial charge in [-0.25, -0.2) is 0 Å². The molecule has 1 saturated heterocycles. The van der Waals surface area contributed by atoms with E-state index in [0.29, 0.717) is 6.04 Å². The van der Waals surface area contributed by atoms with E-state index in [4.69, 9.17) is 28.3 Å². The van der Waals surface area contributed by atoms with Crippen molar-refractivity contribution in [2.45, 2.75) is 18.9 Å². The van der Waals surface area contributed by atoms with Crippen LogP contribution in [0.15, 0.2) is 48.5 Å². The highest BCUT2D eigenvalue weighted by Crippen LogP contribution is 2.36. The molecule has 0 radical (unpaired) electrons. The molecule has 1 N–H and O–H groups in total. The molecule has 21 heavy (non-hydrogen) atoms. The Kier molecular flexibility index (Phi) is 5.92. The third-order valence-electron chi connectivity index (χ3n) is 3.67. The summed E-state index contributed by atoms with van der Waals surface area (Å²) in [5.74, 6) is 0. The molecule has 2 nitrogen and oxygen atoms in total. The fourth-order valence-electron chi connectivity index (χ4n) is 2.74. The smallest absolute Gasteiger partial charge is 0.0543 e. The molecule has 0 unspecified atom stereocenters. The summed E-state index contributed by atoms with van der Waals surface area (Å²) in [5, 5.41) is 8.57. The van der Waals surface area contributed by atoms with Crippen LogP contribution in [0.2, 0.25) is 10.0 Å². The van der Waals surface area contributed by atoms with Gasteiger partial charge in [-0.05, 0) is 54.8 Å². The Bertz CT molecular complexity index is 503. The first-order chi connectivity index (χ1) is 10.2. The van der Waals surface area contributed by atoms with Crippen LogP contribution >= 0.6 is 23.2 Å². The van der Waals surface area contributed by atoms with Crippen LogP contribution in [0.4, 0.5) is 5.69 Å². The number of hydrogen-bond donors (Lipinski definition) is 1. The average molecular weight is 324 g/mol. The van der Waals surface area contributed by atoms with E-state index in [0.717, 1.165) is 23.7 Å². The number of aliphatic hydroxyl groups excluding tert-OH is 1. The third kappa shape index (κ3) is 3.91. The molecule has 1 atom stereocenters. The number of anilines is 1. The Morgan fingerprint density at radius 2 is 1.43 bits per heavy atom. The second kappa shape index (κ2) is 7.69. The van der Waals surface area contributed by atoms with E-state index in [-0.39, 0.29) is 0 Å². The lowest BCUT2D eigenvalue weighted by molar-refractivity contribution is 0.399. The van der Waals surface area contributed by atoms with Crippen molar-refractivity contribution < 1.29 is 5.11 Å². The van der Waals surface area contributed by atoms with Crippen molar-refractivity contribution in [2.24, 2.45) is 0 Å².